The van der Waals surface area contributed by atoms with E-state index in [1.54, 1.807) is 12.1 Å². The zero-order chi connectivity index (χ0) is 15.1. The molecule has 0 amide bonds. The van der Waals surface area contributed by atoms with Crippen molar-refractivity contribution in [1.82, 2.24) is 5.32 Å². The van der Waals surface area contributed by atoms with E-state index in [9.17, 15) is 4.39 Å². The van der Waals surface area contributed by atoms with E-state index in [0.29, 0.717) is 29.4 Å². The van der Waals surface area contributed by atoms with Gasteiger partial charge in [0.05, 0.1) is 11.6 Å². The average Bonchev–Trinajstić information content (AvgIpc) is 2.48. The second-order valence-corrected chi connectivity index (χ2v) is 4.85. The van der Waals surface area contributed by atoms with E-state index in [1.165, 1.54) is 6.07 Å². The first-order valence-electron chi connectivity index (χ1n) is 6.49. The van der Waals surface area contributed by atoms with Gasteiger partial charge in [0.2, 0.25) is 0 Å². The van der Waals surface area contributed by atoms with Crippen molar-refractivity contribution in [3.05, 3.63) is 64.4 Å². The standard InChI is InChI=1S/C17H15ClFNO.ClH/c1-2-10-20-11-13-6-8-14(9-7-13)21-12-15-16(18)4-3-5-17(15)19;/h1,3-9,20H,10-12H2;1H. The van der Waals surface area contributed by atoms with Crippen LogP contribution >= 0.6 is 24.0 Å². The van der Waals surface area contributed by atoms with Crippen molar-refractivity contribution in [3.8, 4) is 18.1 Å². The molecule has 2 nitrogen and oxygen atoms in total. The first-order chi connectivity index (χ1) is 10.2. The molecule has 2 aromatic rings. The van der Waals surface area contributed by atoms with Crippen LogP contribution in [0.2, 0.25) is 5.02 Å². The van der Waals surface area contributed by atoms with E-state index in [1.807, 2.05) is 24.3 Å². The van der Waals surface area contributed by atoms with Crippen LogP contribution in [0.15, 0.2) is 42.5 Å². The van der Waals surface area contributed by atoms with Gasteiger partial charge in [-0.25, -0.2) is 4.39 Å². The van der Waals surface area contributed by atoms with Gasteiger partial charge in [-0.05, 0) is 29.8 Å². The molecule has 0 spiro atoms. The summed E-state index contributed by atoms with van der Waals surface area (Å²) < 4.78 is 19.2. The highest BCUT2D eigenvalue weighted by Crippen LogP contribution is 2.21. The van der Waals surface area contributed by atoms with Crippen LogP contribution in [0.1, 0.15) is 11.1 Å². The Morgan fingerprint density at radius 2 is 1.91 bits per heavy atom. The van der Waals surface area contributed by atoms with E-state index in [-0.39, 0.29) is 24.8 Å². The van der Waals surface area contributed by atoms with Gasteiger partial charge < -0.3 is 10.1 Å². The molecule has 0 saturated heterocycles. The van der Waals surface area contributed by atoms with Gasteiger partial charge in [-0.3, -0.25) is 0 Å². The third kappa shape index (κ3) is 5.23. The fourth-order valence-electron chi connectivity index (χ4n) is 1.81. The summed E-state index contributed by atoms with van der Waals surface area (Å²) >= 11 is 5.95. The number of nitrogens with one attached hydrogen (secondary N) is 1. The van der Waals surface area contributed by atoms with E-state index in [4.69, 9.17) is 22.8 Å². The molecule has 0 heterocycles. The molecule has 116 valence electrons. The molecule has 2 aromatic carbocycles. The topological polar surface area (TPSA) is 21.3 Å². The summed E-state index contributed by atoms with van der Waals surface area (Å²) in [6, 6.07) is 12.1. The summed E-state index contributed by atoms with van der Waals surface area (Å²) in [6.07, 6.45) is 5.16. The van der Waals surface area contributed by atoms with E-state index in [2.05, 4.69) is 11.2 Å². The number of terminal acetylenes is 1. The van der Waals surface area contributed by atoms with E-state index >= 15 is 0 Å². The molecule has 0 aromatic heterocycles. The second kappa shape index (κ2) is 9.32. The molecular formula is C17H16Cl2FNO. The van der Waals surface area contributed by atoms with Crippen LogP contribution in [0.4, 0.5) is 4.39 Å². The quantitative estimate of drug-likeness (QED) is 0.629. The highest BCUT2D eigenvalue weighted by Gasteiger charge is 2.07. The van der Waals surface area contributed by atoms with Crippen molar-refractivity contribution < 1.29 is 9.13 Å². The zero-order valence-corrected chi connectivity index (χ0v) is 13.4. The van der Waals surface area contributed by atoms with Gasteiger partial charge in [0.25, 0.3) is 0 Å². The Hall–Kier alpha value is -1.73. The molecule has 2 rings (SSSR count). The maximum absolute atomic E-state index is 13.6. The number of rotatable bonds is 6. The molecule has 0 aliphatic carbocycles. The molecule has 0 aliphatic rings. The predicted octanol–water partition coefficient (Wildman–Crippen LogP) is 4.20. The lowest BCUT2D eigenvalue weighted by molar-refractivity contribution is 0.300. The largest absolute Gasteiger partial charge is 0.489 e. The highest BCUT2D eigenvalue weighted by atomic mass is 35.5. The molecule has 0 unspecified atom stereocenters. The summed E-state index contributed by atoms with van der Waals surface area (Å²) in [7, 11) is 0. The number of ether oxygens (including phenoxy) is 1. The molecule has 22 heavy (non-hydrogen) atoms. The van der Waals surface area contributed by atoms with Crippen molar-refractivity contribution in [2.45, 2.75) is 13.2 Å². The fourth-order valence-corrected chi connectivity index (χ4v) is 2.03. The van der Waals surface area contributed by atoms with Crippen LogP contribution in [-0.2, 0) is 13.2 Å². The average molecular weight is 340 g/mol. The molecule has 0 fully saturated rings. The van der Waals surface area contributed by atoms with Gasteiger partial charge in [-0.15, -0.1) is 18.8 Å². The Kier molecular flexibility index (Phi) is 7.76. The number of hydrogen-bond acceptors (Lipinski definition) is 2. The molecule has 0 radical (unpaired) electrons. The molecule has 1 N–H and O–H groups in total. The molecule has 0 bridgehead atoms. The lowest BCUT2D eigenvalue weighted by Crippen LogP contribution is -2.12. The van der Waals surface area contributed by atoms with Crippen LogP contribution in [0.25, 0.3) is 0 Å². The minimum atomic E-state index is -0.363. The summed E-state index contributed by atoms with van der Waals surface area (Å²) in [5.41, 5.74) is 1.46. The number of benzene rings is 2. The maximum Gasteiger partial charge on any atom is 0.131 e. The van der Waals surface area contributed by atoms with Crippen molar-refractivity contribution in [2.75, 3.05) is 6.54 Å². The monoisotopic (exact) mass is 339 g/mol. The molecule has 5 heteroatoms. The first-order valence-corrected chi connectivity index (χ1v) is 6.87. The Morgan fingerprint density at radius 1 is 1.18 bits per heavy atom. The van der Waals surface area contributed by atoms with Crippen molar-refractivity contribution in [2.24, 2.45) is 0 Å². The summed E-state index contributed by atoms with van der Waals surface area (Å²) in [5.74, 6) is 2.81. The lowest BCUT2D eigenvalue weighted by atomic mass is 10.2. The lowest BCUT2D eigenvalue weighted by Gasteiger charge is -2.09. The summed E-state index contributed by atoms with van der Waals surface area (Å²) in [6.45, 7) is 1.33. The molecule has 0 saturated carbocycles. The SMILES string of the molecule is C#CCNCc1ccc(OCc2c(F)cccc2Cl)cc1.Cl. The smallest absolute Gasteiger partial charge is 0.131 e. The van der Waals surface area contributed by atoms with Crippen LogP contribution in [0.3, 0.4) is 0 Å². The highest BCUT2D eigenvalue weighted by molar-refractivity contribution is 6.31. The van der Waals surface area contributed by atoms with E-state index in [0.717, 1.165) is 5.56 Å². The van der Waals surface area contributed by atoms with Crippen LogP contribution < -0.4 is 10.1 Å². The Balaban J connectivity index is 0.00000242. The molecular weight excluding hydrogens is 324 g/mol. The second-order valence-electron chi connectivity index (χ2n) is 4.44. The predicted molar refractivity (Wildman–Crippen MR) is 90.0 cm³/mol. The van der Waals surface area contributed by atoms with Gasteiger partial charge in [0, 0.05) is 12.1 Å². The summed E-state index contributed by atoms with van der Waals surface area (Å²) in [5, 5.41) is 3.47. The molecule has 0 atom stereocenters. The van der Waals surface area contributed by atoms with Crippen LogP contribution in [0.5, 0.6) is 5.75 Å². The Bertz CT molecular complexity index is 618. The number of halogens is 3. The van der Waals surface area contributed by atoms with Crippen molar-refractivity contribution in [3.63, 3.8) is 0 Å². The van der Waals surface area contributed by atoms with Gasteiger partial charge in [-0.2, -0.15) is 0 Å². The minimum Gasteiger partial charge on any atom is -0.489 e. The van der Waals surface area contributed by atoms with Crippen molar-refractivity contribution in [1.29, 1.82) is 0 Å². The summed E-state index contributed by atoms with van der Waals surface area (Å²) in [4.78, 5) is 0. The van der Waals surface area contributed by atoms with Gasteiger partial charge >= 0.3 is 0 Å². The number of hydrogen-bond donors (Lipinski definition) is 1. The third-order valence-corrected chi connectivity index (χ3v) is 3.28. The Labute approximate surface area is 141 Å². The van der Waals surface area contributed by atoms with Crippen LogP contribution in [0, 0.1) is 18.2 Å². The van der Waals surface area contributed by atoms with Crippen LogP contribution in [-0.4, -0.2) is 6.54 Å². The van der Waals surface area contributed by atoms with Gasteiger partial charge in [-0.1, -0.05) is 35.7 Å². The Morgan fingerprint density at radius 3 is 2.55 bits per heavy atom. The first kappa shape index (κ1) is 18.3. The molecule has 0 aliphatic heterocycles. The van der Waals surface area contributed by atoms with Gasteiger partial charge in [0.1, 0.15) is 18.2 Å². The maximum atomic E-state index is 13.6. The zero-order valence-electron chi connectivity index (χ0n) is 11.8. The fraction of sp³-hybridized carbons (Fsp3) is 0.176. The van der Waals surface area contributed by atoms with Crippen molar-refractivity contribution >= 4 is 24.0 Å². The van der Waals surface area contributed by atoms with Gasteiger partial charge in [0.15, 0.2) is 0 Å². The normalized spacial score (nSPS) is 9.68. The van der Waals surface area contributed by atoms with E-state index < -0.39 is 0 Å². The third-order valence-electron chi connectivity index (χ3n) is 2.92. The minimum absolute atomic E-state index is 0.